The average Bonchev–Trinajstić information content (AvgIpc) is 2.71. The molecule has 126 valence electrons. The van der Waals surface area contributed by atoms with Gasteiger partial charge in [-0.2, -0.15) is 0 Å². The Balaban J connectivity index is 2.14. The Hall–Kier alpha value is -1.55. The SMILES string of the molecule is CCCS(=O)(=O)CCCCC1=c2ccccc2=C(OC)CC=C1. The minimum absolute atomic E-state index is 0.301. The van der Waals surface area contributed by atoms with Gasteiger partial charge < -0.3 is 4.74 Å². The highest BCUT2D eigenvalue weighted by Crippen LogP contribution is 2.14. The third-order valence-electron chi connectivity index (χ3n) is 4.11. The standard InChI is InChI=1S/C19H26O3S/c1-3-14-23(20,21)15-7-6-9-16-10-8-13-19(22-2)18-12-5-4-11-17(16)18/h4-5,8,10-12H,3,6-7,9,13-15H2,1-2H3. The van der Waals surface area contributed by atoms with Crippen molar-refractivity contribution in [3.05, 3.63) is 46.9 Å². The normalized spacial score (nSPS) is 14.5. The maximum atomic E-state index is 11.8. The maximum absolute atomic E-state index is 11.8. The lowest BCUT2D eigenvalue weighted by Gasteiger charge is -2.05. The Labute approximate surface area is 139 Å². The van der Waals surface area contributed by atoms with E-state index in [2.05, 4.69) is 24.3 Å². The van der Waals surface area contributed by atoms with E-state index >= 15 is 0 Å². The van der Waals surface area contributed by atoms with E-state index in [9.17, 15) is 8.42 Å². The van der Waals surface area contributed by atoms with Crippen LogP contribution in [0.4, 0.5) is 0 Å². The molecule has 0 fully saturated rings. The van der Waals surface area contributed by atoms with Crippen LogP contribution in [0.5, 0.6) is 0 Å². The van der Waals surface area contributed by atoms with Crippen molar-refractivity contribution in [1.29, 1.82) is 0 Å². The van der Waals surface area contributed by atoms with Crippen molar-refractivity contribution >= 4 is 21.2 Å². The van der Waals surface area contributed by atoms with Crippen molar-refractivity contribution in [2.75, 3.05) is 18.6 Å². The van der Waals surface area contributed by atoms with Gasteiger partial charge in [-0.3, -0.25) is 0 Å². The molecule has 0 unspecified atom stereocenters. The minimum atomic E-state index is -2.87. The first-order valence-electron chi connectivity index (χ1n) is 8.29. The predicted octanol–water partition coefficient (Wildman–Crippen LogP) is 2.55. The van der Waals surface area contributed by atoms with Gasteiger partial charge in [-0.05, 0) is 36.5 Å². The molecule has 0 saturated heterocycles. The predicted molar refractivity (Wildman–Crippen MR) is 96.1 cm³/mol. The van der Waals surface area contributed by atoms with Crippen LogP contribution >= 0.6 is 0 Å². The van der Waals surface area contributed by atoms with Gasteiger partial charge in [-0.15, -0.1) is 0 Å². The number of allylic oxidation sites excluding steroid dienone is 1. The van der Waals surface area contributed by atoms with Crippen LogP contribution in [0.15, 0.2) is 36.4 Å². The Morgan fingerprint density at radius 1 is 1.09 bits per heavy atom. The van der Waals surface area contributed by atoms with Crippen molar-refractivity contribution in [3.63, 3.8) is 0 Å². The van der Waals surface area contributed by atoms with Crippen LogP contribution in [0.2, 0.25) is 0 Å². The molecule has 1 aliphatic rings. The Morgan fingerprint density at radius 3 is 2.52 bits per heavy atom. The van der Waals surface area contributed by atoms with Crippen LogP contribution in [-0.2, 0) is 14.6 Å². The van der Waals surface area contributed by atoms with Crippen LogP contribution in [0.1, 0.15) is 39.0 Å². The van der Waals surface area contributed by atoms with E-state index in [1.807, 2.05) is 19.1 Å². The maximum Gasteiger partial charge on any atom is 0.150 e. The first kappa shape index (κ1) is 17.8. The Morgan fingerprint density at radius 2 is 1.83 bits per heavy atom. The van der Waals surface area contributed by atoms with Gasteiger partial charge >= 0.3 is 0 Å². The first-order chi connectivity index (χ1) is 11.1. The molecule has 0 spiro atoms. The summed E-state index contributed by atoms with van der Waals surface area (Å²) >= 11 is 0. The molecule has 0 heterocycles. The van der Waals surface area contributed by atoms with Crippen molar-refractivity contribution in [2.24, 2.45) is 0 Å². The summed E-state index contributed by atoms with van der Waals surface area (Å²) in [6.45, 7) is 1.91. The summed E-state index contributed by atoms with van der Waals surface area (Å²) in [6.07, 6.45) is 8.29. The van der Waals surface area contributed by atoms with E-state index in [0.29, 0.717) is 17.9 Å². The molecule has 1 aliphatic carbocycles. The zero-order chi connectivity index (χ0) is 16.7. The third-order valence-corrected chi connectivity index (χ3v) is 6.05. The van der Waals surface area contributed by atoms with Crippen LogP contribution in [0.3, 0.4) is 0 Å². The number of methoxy groups -OCH3 is 1. The summed E-state index contributed by atoms with van der Waals surface area (Å²) < 4.78 is 29.1. The topological polar surface area (TPSA) is 43.4 Å². The second-order valence-electron chi connectivity index (χ2n) is 5.91. The number of benzene rings is 1. The summed E-state index contributed by atoms with van der Waals surface area (Å²) in [6, 6.07) is 8.27. The lowest BCUT2D eigenvalue weighted by Crippen LogP contribution is -2.28. The molecule has 0 N–H and O–H groups in total. The largest absolute Gasteiger partial charge is 0.500 e. The van der Waals surface area contributed by atoms with Gasteiger partial charge in [-0.1, -0.05) is 43.3 Å². The second-order valence-corrected chi connectivity index (χ2v) is 8.22. The number of unbranched alkanes of at least 4 members (excludes halogenated alkanes) is 1. The summed E-state index contributed by atoms with van der Waals surface area (Å²) in [5, 5.41) is 2.35. The highest BCUT2D eigenvalue weighted by atomic mass is 32.2. The molecular weight excluding hydrogens is 308 g/mol. The Kier molecular flexibility index (Phi) is 6.46. The number of hydrogen-bond donors (Lipinski definition) is 0. The number of hydrogen-bond acceptors (Lipinski definition) is 3. The highest BCUT2D eigenvalue weighted by Gasteiger charge is 2.09. The molecule has 4 heteroatoms. The van der Waals surface area contributed by atoms with Crippen LogP contribution in [0, 0.1) is 0 Å². The van der Waals surface area contributed by atoms with Gasteiger partial charge in [0.25, 0.3) is 0 Å². The molecule has 1 aromatic rings. The molecule has 3 nitrogen and oxygen atoms in total. The molecule has 0 radical (unpaired) electrons. The lowest BCUT2D eigenvalue weighted by atomic mass is 10.0. The number of rotatable bonds is 8. The van der Waals surface area contributed by atoms with E-state index in [4.69, 9.17) is 4.74 Å². The third kappa shape index (κ3) is 4.96. The first-order valence-corrected chi connectivity index (χ1v) is 10.1. The fraction of sp³-hybridized carbons (Fsp3) is 0.474. The molecule has 0 saturated carbocycles. The van der Waals surface area contributed by atoms with E-state index in [1.165, 1.54) is 10.8 Å². The fourth-order valence-electron chi connectivity index (χ4n) is 2.98. The van der Waals surface area contributed by atoms with Gasteiger partial charge in [-0.25, -0.2) is 8.42 Å². The molecule has 1 aromatic carbocycles. The van der Waals surface area contributed by atoms with Crippen molar-refractivity contribution in [1.82, 2.24) is 0 Å². The van der Waals surface area contributed by atoms with Gasteiger partial charge in [0.15, 0.2) is 0 Å². The van der Waals surface area contributed by atoms with E-state index in [1.54, 1.807) is 7.11 Å². The monoisotopic (exact) mass is 334 g/mol. The van der Waals surface area contributed by atoms with Gasteiger partial charge in [0.1, 0.15) is 15.6 Å². The highest BCUT2D eigenvalue weighted by molar-refractivity contribution is 7.91. The van der Waals surface area contributed by atoms with E-state index in [-0.39, 0.29) is 0 Å². The summed E-state index contributed by atoms with van der Waals surface area (Å²) in [7, 11) is -1.15. The fourth-order valence-corrected chi connectivity index (χ4v) is 4.45. The van der Waals surface area contributed by atoms with Crippen LogP contribution < -0.4 is 10.4 Å². The zero-order valence-corrected chi connectivity index (χ0v) is 14.9. The van der Waals surface area contributed by atoms with Crippen molar-refractivity contribution < 1.29 is 13.2 Å². The smallest absolute Gasteiger partial charge is 0.150 e. The van der Waals surface area contributed by atoms with E-state index in [0.717, 1.165) is 36.7 Å². The van der Waals surface area contributed by atoms with Gasteiger partial charge in [0.2, 0.25) is 0 Å². The minimum Gasteiger partial charge on any atom is -0.500 e. The van der Waals surface area contributed by atoms with Gasteiger partial charge in [0.05, 0.1) is 12.9 Å². The van der Waals surface area contributed by atoms with Gasteiger partial charge in [0, 0.05) is 17.4 Å². The molecule has 0 aromatic heterocycles. The van der Waals surface area contributed by atoms with Crippen LogP contribution in [-0.4, -0.2) is 27.0 Å². The van der Waals surface area contributed by atoms with E-state index < -0.39 is 9.84 Å². The van der Waals surface area contributed by atoms with Crippen molar-refractivity contribution in [3.8, 4) is 0 Å². The summed E-state index contributed by atoms with van der Waals surface area (Å²) in [5.74, 6) is 1.59. The summed E-state index contributed by atoms with van der Waals surface area (Å²) in [4.78, 5) is 0. The molecule has 23 heavy (non-hydrogen) atoms. The molecule has 0 bridgehead atoms. The molecule has 0 amide bonds. The summed E-state index contributed by atoms with van der Waals surface area (Å²) in [5.41, 5.74) is 1.26. The lowest BCUT2D eigenvalue weighted by molar-refractivity contribution is 0.354. The number of fused-ring (bicyclic) bond motifs is 1. The molecule has 0 aliphatic heterocycles. The second kappa shape index (κ2) is 8.34. The van der Waals surface area contributed by atoms with Crippen LogP contribution in [0.25, 0.3) is 11.3 Å². The number of sulfone groups is 1. The molecular formula is C19H26O3S. The zero-order valence-electron chi connectivity index (χ0n) is 14.0. The average molecular weight is 334 g/mol. The Bertz CT molecular complexity index is 773. The quantitative estimate of drug-likeness (QED) is 0.686. The number of ether oxygens (including phenoxy) is 1. The van der Waals surface area contributed by atoms with Crippen molar-refractivity contribution in [2.45, 2.75) is 39.0 Å². The molecule has 2 rings (SSSR count). The molecule has 0 atom stereocenters.